The summed E-state index contributed by atoms with van der Waals surface area (Å²) in [5.74, 6) is -1.17. The van der Waals surface area contributed by atoms with Crippen molar-refractivity contribution < 1.29 is 19.0 Å². The Bertz CT molecular complexity index is 1530. The molecule has 0 aliphatic heterocycles. The van der Waals surface area contributed by atoms with Crippen LogP contribution in [0.4, 0.5) is 8.78 Å². The fraction of sp³-hybridized carbons (Fsp3) is 0.379. The second-order valence-electron chi connectivity index (χ2n) is 11.3. The molecule has 1 aromatic carbocycles. The van der Waals surface area contributed by atoms with E-state index < -0.39 is 22.7 Å². The Hall–Kier alpha value is -3.56. The van der Waals surface area contributed by atoms with E-state index in [0.717, 1.165) is 41.1 Å². The van der Waals surface area contributed by atoms with Crippen molar-refractivity contribution >= 4 is 0 Å². The first-order valence-electron chi connectivity index (χ1n) is 12.7. The highest BCUT2D eigenvalue weighted by Gasteiger charge is 2.65. The molecule has 3 aromatic heterocycles. The Morgan fingerprint density at radius 2 is 1.82 bits per heavy atom. The number of hydrogen-bond acceptors (Lipinski definition) is 6. The Labute approximate surface area is 219 Å². The van der Waals surface area contributed by atoms with E-state index in [1.54, 1.807) is 30.1 Å². The summed E-state index contributed by atoms with van der Waals surface area (Å²) in [6, 6.07) is 11.5. The van der Waals surface area contributed by atoms with Gasteiger partial charge in [0.2, 0.25) is 0 Å². The molecule has 0 amide bonds. The quantitative estimate of drug-likeness (QED) is 0.387. The summed E-state index contributed by atoms with van der Waals surface area (Å²) in [5.41, 5.74) is 2.20. The van der Waals surface area contributed by atoms with Gasteiger partial charge in [-0.25, -0.2) is 8.78 Å². The number of nitrogens with zero attached hydrogens (tertiary/aromatic N) is 5. The highest BCUT2D eigenvalue weighted by atomic mass is 19.1. The molecule has 7 nitrogen and oxygen atoms in total. The molecule has 4 aromatic rings. The van der Waals surface area contributed by atoms with E-state index in [1.807, 2.05) is 18.2 Å². The maximum absolute atomic E-state index is 14.5. The van der Waals surface area contributed by atoms with Crippen LogP contribution in [0.3, 0.4) is 0 Å². The molecule has 0 saturated heterocycles. The summed E-state index contributed by atoms with van der Waals surface area (Å²) in [4.78, 5) is 5.07. The number of rotatable bonds is 6. The van der Waals surface area contributed by atoms with Gasteiger partial charge in [-0.05, 0) is 67.0 Å². The van der Waals surface area contributed by atoms with Gasteiger partial charge in [-0.15, -0.1) is 5.10 Å². The molecule has 196 valence electrons. The zero-order valence-electron chi connectivity index (χ0n) is 21.5. The van der Waals surface area contributed by atoms with E-state index in [9.17, 15) is 19.0 Å². The Morgan fingerprint density at radius 1 is 1.08 bits per heavy atom. The lowest BCUT2D eigenvalue weighted by Crippen LogP contribution is -2.37. The summed E-state index contributed by atoms with van der Waals surface area (Å²) in [6.45, 7) is 5.74. The molecule has 3 heterocycles. The Balaban J connectivity index is 1.42. The first kappa shape index (κ1) is 24.8. The standard InChI is InChI=1S/C29H29F2N5O2/c1-27(2)19-10-11-29(27,26-18(19)12-23(34-35-26)25-20(30)6-4-7-21(25)31)24-9-5-8-22(33-24)17-13-32-36(14-17)15-28(3,38)16-37/h4-9,12-14,19,37-38H,10-11,15-16H2,1-3H3/t19-,28?,29-/m0/s1. The smallest absolute Gasteiger partial charge is 0.135 e. The SMILES string of the molecule is CC(O)(CO)Cn1cc(-c2cccc([C@@]34CC[C@@H](c5cc(-c6c(F)cccc6F)nnc53)C4(C)C)n2)cn1. The van der Waals surface area contributed by atoms with E-state index in [2.05, 4.69) is 29.1 Å². The molecular formula is C29H29F2N5O2. The average Bonchev–Trinajstić information content (AvgIpc) is 3.51. The third-order valence-corrected chi connectivity index (χ3v) is 8.56. The van der Waals surface area contributed by atoms with Gasteiger partial charge < -0.3 is 10.2 Å². The monoisotopic (exact) mass is 517 g/mol. The van der Waals surface area contributed by atoms with Crippen LogP contribution in [0.1, 0.15) is 56.5 Å². The van der Waals surface area contributed by atoms with Crippen molar-refractivity contribution in [2.24, 2.45) is 5.41 Å². The van der Waals surface area contributed by atoms with Crippen molar-refractivity contribution in [2.75, 3.05) is 6.61 Å². The molecule has 0 spiro atoms. The number of aliphatic hydroxyl groups excluding tert-OH is 1. The molecule has 2 aliphatic rings. The third kappa shape index (κ3) is 3.52. The number of aliphatic hydroxyl groups is 2. The van der Waals surface area contributed by atoms with Gasteiger partial charge >= 0.3 is 0 Å². The number of halogens is 2. The third-order valence-electron chi connectivity index (χ3n) is 8.56. The fourth-order valence-corrected chi connectivity index (χ4v) is 6.57. The predicted octanol–water partition coefficient (Wildman–Crippen LogP) is 4.63. The molecular weight excluding hydrogens is 488 g/mol. The van der Waals surface area contributed by atoms with Crippen LogP contribution in [-0.4, -0.2) is 47.4 Å². The zero-order chi connectivity index (χ0) is 26.9. The maximum Gasteiger partial charge on any atom is 0.135 e. The zero-order valence-corrected chi connectivity index (χ0v) is 21.5. The van der Waals surface area contributed by atoms with Crippen LogP contribution in [-0.2, 0) is 12.0 Å². The van der Waals surface area contributed by atoms with Gasteiger partial charge in [-0.1, -0.05) is 26.0 Å². The van der Waals surface area contributed by atoms with E-state index in [4.69, 9.17) is 4.98 Å². The molecule has 2 aliphatic carbocycles. The van der Waals surface area contributed by atoms with Crippen molar-refractivity contribution in [3.05, 3.63) is 83.4 Å². The van der Waals surface area contributed by atoms with Crippen LogP contribution < -0.4 is 0 Å². The average molecular weight is 518 g/mol. The van der Waals surface area contributed by atoms with Gasteiger partial charge in [0.25, 0.3) is 0 Å². The van der Waals surface area contributed by atoms with E-state index >= 15 is 0 Å². The molecule has 6 rings (SSSR count). The molecule has 38 heavy (non-hydrogen) atoms. The minimum atomic E-state index is -1.28. The maximum atomic E-state index is 14.5. The number of hydrogen-bond donors (Lipinski definition) is 2. The van der Waals surface area contributed by atoms with Gasteiger partial charge in [-0.2, -0.15) is 10.2 Å². The van der Waals surface area contributed by atoms with E-state index in [1.165, 1.54) is 18.2 Å². The minimum Gasteiger partial charge on any atom is -0.393 e. The molecule has 0 radical (unpaired) electrons. The Morgan fingerprint density at radius 3 is 2.55 bits per heavy atom. The van der Waals surface area contributed by atoms with Crippen molar-refractivity contribution in [1.82, 2.24) is 25.0 Å². The number of pyridine rings is 1. The lowest BCUT2D eigenvalue weighted by Gasteiger charge is -2.37. The first-order valence-corrected chi connectivity index (χ1v) is 12.7. The molecule has 1 saturated carbocycles. The lowest BCUT2D eigenvalue weighted by atomic mass is 9.66. The molecule has 2 N–H and O–H groups in total. The number of benzene rings is 1. The molecule has 9 heteroatoms. The van der Waals surface area contributed by atoms with Gasteiger partial charge in [0.1, 0.15) is 17.2 Å². The largest absolute Gasteiger partial charge is 0.393 e. The van der Waals surface area contributed by atoms with Crippen molar-refractivity contribution in [1.29, 1.82) is 0 Å². The van der Waals surface area contributed by atoms with Crippen LogP contribution in [0.2, 0.25) is 0 Å². The van der Waals surface area contributed by atoms with Gasteiger partial charge in [0, 0.05) is 11.8 Å². The predicted molar refractivity (Wildman–Crippen MR) is 137 cm³/mol. The molecule has 1 unspecified atom stereocenters. The lowest BCUT2D eigenvalue weighted by molar-refractivity contribution is -0.0145. The minimum absolute atomic E-state index is 0.149. The topological polar surface area (TPSA) is 97.0 Å². The summed E-state index contributed by atoms with van der Waals surface area (Å²) in [7, 11) is 0. The van der Waals surface area contributed by atoms with E-state index in [-0.39, 0.29) is 35.7 Å². The van der Waals surface area contributed by atoms with Crippen LogP contribution in [0, 0.1) is 17.0 Å². The molecule has 1 fully saturated rings. The van der Waals surface area contributed by atoms with Crippen LogP contribution >= 0.6 is 0 Å². The van der Waals surface area contributed by atoms with E-state index in [0.29, 0.717) is 0 Å². The van der Waals surface area contributed by atoms with Crippen molar-refractivity contribution in [3.63, 3.8) is 0 Å². The van der Waals surface area contributed by atoms with Crippen molar-refractivity contribution in [2.45, 2.75) is 57.1 Å². The summed E-state index contributed by atoms with van der Waals surface area (Å²) in [5, 5.41) is 32.8. The van der Waals surface area contributed by atoms with Crippen LogP contribution in [0.25, 0.3) is 22.5 Å². The summed E-state index contributed by atoms with van der Waals surface area (Å²) < 4.78 is 30.7. The second-order valence-corrected chi connectivity index (χ2v) is 11.3. The second kappa shape index (κ2) is 8.47. The fourth-order valence-electron chi connectivity index (χ4n) is 6.57. The summed E-state index contributed by atoms with van der Waals surface area (Å²) in [6.07, 6.45) is 5.24. The normalized spacial score (nSPS) is 22.9. The Kier molecular flexibility index (Phi) is 5.52. The van der Waals surface area contributed by atoms with Crippen molar-refractivity contribution in [3.8, 4) is 22.5 Å². The van der Waals surface area contributed by atoms with Crippen LogP contribution in [0.15, 0.2) is 54.9 Å². The summed E-state index contributed by atoms with van der Waals surface area (Å²) >= 11 is 0. The number of fused-ring (bicyclic) bond motifs is 5. The van der Waals surface area contributed by atoms with Gasteiger partial charge in [0.05, 0.1) is 53.1 Å². The highest BCUT2D eigenvalue weighted by molar-refractivity contribution is 5.65. The molecule has 3 atom stereocenters. The highest BCUT2D eigenvalue weighted by Crippen LogP contribution is 2.69. The van der Waals surface area contributed by atoms with Crippen LogP contribution in [0.5, 0.6) is 0 Å². The first-order chi connectivity index (χ1) is 18.1. The van der Waals surface area contributed by atoms with Gasteiger partial charge in [-0.3, -0.25) is 9.67 Å². The molecule has 2 bridgehead atoms. The number of aromatic nitrogens is 5. The van der Waals surface area contributed by atoms with Gasteiger partial charge in [0.15, 0.2) is 0 Å².